The summed E-state index contributed by atoms with van der Waals surface area (Å²) in [5.74, 6) is -0.331. The van der Waals surface area contributed by atoms with E-state index in [2.05, 4.69) is 15.5 Å². The lowest BCUT2D eigenvalue weighted by Gasteiger charge is -2.09. The van der Waals surface area contributed by atoms with E-state index in [0.717, 1.165) is 22.2 Å². The van der Waals surface area contributed by atoms with Crippen LogP contribution in [0.1, 0.15) is 15.9 Å². The van der Waals surface area contributed by atoms with Gasteiger partial charge in [-0.15, -0.1) is 0 Å². The third-order valence-corrected chi connectivity index (χ3v) is 4.93. The number of halogens is 2. The zero-order valence-electron chi connectivity index (χ0n) is 15.1. The quantitative estimate of drug-likeness (QED) is 0.327. The van der Waals surface area contributed by atoms with Gasteiger partial charge in [0.25, 0.3) is 5.91 Å². The normalized spacial score (nSPS) is 11.1. The van der Waals surface area contributed by atoms with Crippen molar-refractivity contribution in [2.24, 2.45) is 5.10 Å². The van der Waals surface area contributed by atoms with Crippen LogP contribution < -0.4 is 5.43 Å². The van der Waals surface area contributed by atoms with E-state index in [9.17, 15) is 4.79 Å². The van der Waals surface area contributed by atoms with Gasteiger partial charge in [0.15, 0.2) is 0 Å². The molecule has 142 valence electrons. The van der Waals surface area contributed by atoms with Crippen LogP contribution in [0.4, 0.5) is 0 Å². The highest BCUT2D eigenvalue weighted by Gasteiger charge is 2.13. The Kier molecular flexibility index (Phi) is 5.56. The molecule has 0 saturated heterocycles. The first-order chi connectivity index (χ1) is 14.1. The molecule has 6 heteroatoms. The van der Waals surface area contributed by atoms with Crippen molar-refractivity contribution >= 4 is 46.2 Å². The van der Waals surface area contributed by atoms with Crippen molar-refractivity contribution in [1.82, 2.24) is 10.4 Å². The number of hydrogen-bond donors (Lipinski definition) is 1. The monoisotopic (exact) mass is 419 g/mol. The van der Waals surface area contributed by atoms with Gasteiger partial charge >= 0.3 is 0 Å². The lowest BCUT2D eigenvalue weighted by atomic mass is 10.0. The number of carbonyl (C=O) groups is 1. The van der Waals surface area contributed by atoms with Crippen molar-refractivity contribution in [1.29, 1.82) is 0 Å². The SMILES string of the molecule is O=C(N/N=C/c1ccc(Cl)cc1Cl)c1cc(-c2ccccc2)nc2ccccc12. The maximum Gasteiger partial charge on any atom is 0.272 e. The maximum atomic E-state index is 12.9. The smallest absolute Gasteiger partial charge is 0.267 e. The van der Waals surface area contributed by atoms with Crippen molar-refractivity contribution in [3.63, 3.8) is 0 Å². The second kappa shape index (κ2) is 8.43. The second-order valence-electron chi connectivity index (χ2n) is 6.30. The van der Waals surface area contributed by atoms with Gasteiger partial charge in [-0.3, -0.25) is 4.79 Å². The van der Waals surface area contributed by atoms with Crippen LogP contribution in [0.2, 0.25) is 10.0 Å². The molecule has 1 amide bonds. The summed E-state index contributed by atoms with van der Waals surface area (Å²) in [6.07, 6.45) is 1.48. The first-order valence-corrected chi connectivity index (χ1v) is 9.61. The summed E-state index contributed by atoms with van der Waals surface area (Å²) in [6, 6.07) is 24.1. The summed E-state index contributed by atoms with van der Waals surface area (Å²) in [5.41, 5.74) is 6.11. The Morgan fingerprint density at radius 3 is 2.48 bits per heavy atom. The standard InChI is InChI=1S/C23H15Cl2N3O/c24-17-11-10-16(20(25)12-17)14-26-28-23(29)19-13-22(15-6-2-1-3-7-15)27-21-9-5-4-8-18(19)21/h1-14H,(H,28,29)/b26-14+. The lowest BCUT2D eigenvalue weighted by Crippen LogP contribution is -2.18. The number of para-hydroxylation sites is 1. The number of benzene rings is 3. The molecular formula is C23H15Cl2N3O. The Morgan fingerprint density at radius 2 is 1.69 bits per heavy atom. The summed E-state index contributed by atoms with van der Waals surface area (Å²) in [4.78, 5) is 17.6. The number of hydrogen-bond acceptors (Lipinski definition) is 3. The molecule has 0 aliphatic heterocycles. The number of carbonyl (C=O) groups excluding carboxylic acids is 1. The first kappa shape index (κ1) is 19.1. The number of fused-ring (bicyclic) bond motifs is 1. The van der Waals surface area contributed by atoms with E-state index >= 15 is 0 Å². The molecule has 4 aromatic rings. The van der Waals surface area contributed by atoms with E-state index in [1.807, 2.05) is 54.6 Å². The van der Waals surface area contributed by atoms with Gasteiger partial charge in [0.05, 0.1) is 28.0 Å². The molecule has 3 aromatic carbocycles. The van der Waals surface area contributed by atoms with Gasteiger partial charge in [-0.1, -0.05) is 77.8 Å². The molecule has 0 unspecified atom stereocenters. The summed E-state index contributed by atoms with van der Waals surface area (Å²) < 4.78 is 0. The molecule has 0 saturated carbocycles. The van der Waals surface area contributed by atoms with Crippen molar-refractivity contribution < 1.29 is 4.79 Å². The zero-order valence-corrected chi connectivity index (χ0v) is 16.7. The summed E-state index contributed by atoms with van der Waals surface area (Å²) >= 11 is 12.0. The highest BCUT2D eigenvalue weighted by Crippen LogP contribution is 2.25. The van der Waals surface area contributed by atoms with E-state index in [0.29, 0.717) is 21.2 Å². The minimum Gasteiger partial charge on any atom is -0.267 e. The number of rotatable bonds is 4. The molecule has 4 nitrogen and oxygen atoms in total. The number of nitrogens with one attached hydrogen (secondary N) is 1. The fourth-order valence-electron chi connectivity index (χ4n) is 2.95. The zero-order chi connectivity index (χ0) is 20.2. The van der Waals surface area contributed by atoms with Gasteiger partial charge in [0.1, 0.15) is 0 Å². The van der Waals surface area contributed by atoms with Gasteiger partial charge in [-0.2, -0.15) is 5.10 Å². The van der Waals surface area contributed by atoms with Crippen LogP contribution in [-0.4, -0.2) is 17.1 Å². The molecule has 0 aliphatic rings. The van der Waals surface area contributed by atoms with Crippen molar-refractivity contribution in [2.75, 3.05) is 0 Å². The van der Waals surface area contributed by atoms with E-state index in [1.54, 1.807) is 24.3 Å². The van der Waals surface area contributed by atoms with Crippen LogP contribution in [0.25, 0.3) is 22.2 Å². The van der Waals surface area contributed by atoms with Crippen LogP contribution in [0.3, 0.4) is 0 Å². The molecule has 0 aliphatic carbocycles. The molecule has 0 radical (unpaired) electrons. The summed E-state index contributed by atoms with van der Waals surface area (Å²) in [7, 11) is 0. The Labute approximate surface area is 177 Å². The Bertz CT molecular complexity index is 1220. The van der Waals surface area contributed by atoms with Crippen molar-refractivity contribution in [2.45, 2.75) is 0 Å². The average molecular weight is 420 g/mol. The van der Waals surface area contributed by atoms with Crippen LogP contribution >= 0.6 is 23.2 Å². The van der Waals surface area contributed by atoms with Crippen LogP contribution in [0, 0.1) is 0 Å². The fourth-order valence-corrected chi connectivity index (χ4v) is 3.40. The predicted octanol–water partition coefficient (Wildman–Crippen LogP) is 5.97. The minimum atomic E-state index is -0.331. The van der Waals surface area contributed by atoms with E-state index in [4.69, 9.17) is 23.2 Å². The maximum absolute atomic E-state index is 12.9. The van der Waals surface area contributed by atoms with Gasteiger partial charge in [-0.05, 0) is 24.3 Å². The van der Waals surface area contributed by atoms with Gasteiger partial charge in [0.2, 0.25) is 0 Å². The summed E-state index contributed by atoms with van der Waals surface area (Å²) in [6.45, 7) is 0. The van der Waals surface area contributed by atoms with E-state index in [-0.39, 0.29) is 5.91 Å². The van der Waals surface area contributed by atoms with Crippen LogP contribution in [-0.2, 0) is 0 Å². The second-order valence-corrected chi connectivity index (χ2v) is 7.15. The molecule has 0 atom stereocenters. The molecule has 0 fully saturated rings. The Balaban J connectivity index is 1.67. The van der Waals surface area contributed by atoms with E-state index in [1.165, 1.54) is 6.21 Å². The number of nitrogens with zero attached hydrogens (tertiary/aromatic N) is 2. The molecular weight excluding hydrogens is 405 g/mol. The average Bonchev–Trinajstić information content (AvgIpc) is 2.75. The van der Waals surface area contributed by atoms with Crippen LogP contribution in [0.15, 0.2) is 84.0 Å². The third-order valence-electron chi connectivity index (χ3n) is 4.36. The lowest BCUT2D eigenvalue weighted by molar-refractivity contribution is 0.0956. The molecule has 1 aromatic heterocycles. The molecule has 29 heavy (non-hydrogen) atoms. The Hall–Kier alpha value is -3.21. The largest absolute Gasteiger partial charge is 0.272 e. The van der Waals surface area contributed by atoms with E-state index < -0.39 is 0 Å². The molecule has 4 rings (SSSR count). The molecule has 0 spiro atoms. The summed E-state index contributed by atoms with van der Waals surface area (Å²) in [5, 5.41) is 5.79. The minimum absolute atomic E-state index is 0.331. The highest BCUT2D eigenvalue weighted by molar-refractivity contribution is 6.36. The highest BCUT2D eigenvalue weighted by atomic mass is 35.5. The third kappa shape index (κ3) is 4.29. The molecule has 1 N–H and O–H groups in total. The predicted molar refractivity (Wildman–Crippen MR) is 119 cm³/mol. The van der Waals surface area contributed by atoms with Gasteiger partial charge in [0, 0.05) is 21.5 Å². The topological polar surface area (TPSA) is 54.4 Å². The fraction of sp³-hybridized carbons (Fsp3) is 0. The number of hydrazone groups is 1. The first-order valence-electron chi connectivity index (χ1n) is 8.85. The Morgan fingerprint density at radius 1 is 0.931 bits per heavy atom. The van der Waals surface area contributed by atoms with Gasteiger partial charge in [-0.25, -0.2) is 10.4 Å². The van der Waals surface area contributed by atoms with Gasteiger partial charge < -0.3 is 0 Å². The van der Waals surface area contributed by atoms with Crippen molar-refractivity contribution in [3.05, 3.63) is 100 Å². The number of amides is 1. The molecule has 1 heterocycles. The van der Waals surface area contributed by atoms with Crippen molar-refractivity contribution in [3.8, 4) is 11.3 Å². The van der Waals surface area contributed by atoms with Crippen LogP contribution in [0.5, 0.6) is 0 Å². The number of aromatic nitrogens is 1. The molecule has 0 bridgehead atoms. The number of pyridine rings is 1.